The molecule has 0 saturated carbocycles. The number of fused-ring (bicyclic) bond motifs is 1. The summed E-state index contributed by atoms with van der Waals surface area (Å²) in [7, 11) is 0. The topological polar surface area (TPSA) is 87.0 Å². The number of aromatic nitrogens is 4. The van der Waals surface area contributed by atoms with Gasteiger partial charge in [0.2, 0.25) is 4.77 Å². The molecular formula is C24H21N5O2S. The van der Waals surface area contributed by atoms with Crippen molar-refractivity contribution in [2.24, 2.45) is 0 Å². The molecule has 1 atom stereocenters. The molecule has 0 saturated heterocycles. The van der Waals surface area contributed by atoms with E-state index in [2.05, 4.69) is 21.6 Å². The molecule has 2 N–H and O–H groups in total. The molecule has 5 rings (SSSR count). The van der Waals surface area contributed by atoms with Crippen LogP contribution in [-0.4, -0.2) is 37.3 Å². The average Bonchev–Trinajstić information content (AvgIpc) is 3.25. The lowest BCUT2D eigenvalue weighted by atomic mass is 9.92. The van der Waals surface area contributed by atoms with Crippen LogP contribution in [0.15, 0.2) is 72.8 Å². The van der Waals surface area contributed by atoms with Crippen molar-refractivity contribution < 1.29 is 9.90 Å². The van der Waals surface area contributed by atoms with Gasteiger partial charge in [-0.25, -0.2) is 9.48 Å². The van der Waals surface area contributed by atoms with Gasteiger partial charge in [0, 0.05) is 12.2 Å². The van der Waals surface area contributed by atoms with E-state index < -0.39 is 12.0 Å². The largest absolute Gasteiger partial charge is 0.480 e. The fraction of sp³-hybridized carbons (Fsp3) is 0.167. The minimum absolute atomic E-state index is 0.365. The van der Waals surface area contributed by atoms with Crippen LogP contribution in [-0.2, 0) is 17.8 Å². The number of carboxylic acid groups (broad SMARTS) is 1. The van der Waals surface area contributed by atoms with Gasteiger partial charge in [-0.15, -0.1) is 0 Å². The van der Waals surface area contributed by atoms with Gasteiger partial charge in [0.1, 0.15) is 6.04 Å². The second kappa shape index (κ2) is 8.39. The normalized spacial score (nSPS) is 15.4. The fourth-order valence-corrected chi connectivity index (χ4v) is 4.47. The third-order valence-corrected chi connectivity index (χ3v) is 6.11. The van der Waals surface area contributed by atoms with Crippen LogP contribution in [0.2, 0.25) is 0 Å². The Morgan fingerprint density at radius 1 is 1.06 bits per heavy atom. The number of aromatic amines is 1. The summed E-state index contributed by atoms with van der Waals surface area (Å²) in [4.78, 5) is 14.0. The third-order valence-electron chi connectivity index (χ3n) is 5.84. The van der Waals surface area contributed by atoms with Crippen LogP contribution in [0.3, 0.4) is 0 Å². The predicted octanol–water partition coefficient (Wildman–Crippen LogP) is 4.40. The molecule has 0 spiro atoms. The van der Waals surface area contributed by atoms with Crippen LogP contribution >= 0.6 is 12.2 Å². The second-order valence-corrected chi connectivity index (χ2v) is 8.18. The van der Waals surface area contributed by atoms with E-state index in [0.29, 0.717) is 17.7 Å². The summed E-state index contributed by atoms with van der Waals surface area (Å²) < 4.78 is 2.01. The summed E-state index contributed by atoms with van der Waals surface area (Å²) in [5.41, 5.74) is 6.18. The molecule has 1 aliphatic heterocycles. The summed E-state index contributed by atoms with van der Waals surface area (Å²) in [6, 6.07) is 23.7. The molecule has 1 aromatic heterocycles. The first-order valence-corrected chi connectivity index (χ1v) is 10.8. The zero-order chi connectivity index (χ0) is 22.1. The molecule has 0 radical (unpaired) electrons. The maximum atomic E-state index is 12.0. The fourth-order valence-electron chi connectivity index (χ4n) is 4.28. The van der Waals surface area contributed by atoms with Gasteiger partial charge in [-0.3, -0.25) is 0 Å². The number of carboxylic acids is 1. The molecule has 2 heterocycles. The lowest BCUT2D eigenvalue weighted by Gasteiger charge is -2.37. The monoisotopic (exact) mass is 443 g/mol. The van der Waals surface area contributed by atoms with Gasteiger partial charge in [0.15, 0.2) is 0 Å². The lowest BCUT2D eigenvalue weighted by Crippen LogP contribution is -2.44. The van der Waals surface area contributed by atoms with E-state index in [4.69, 9.17) is 12.2 Å². The van der Waals surface area contributed by atoms with Crippen molar-refractivity contribution in [3.8, 4) is 16.8 Å². The molecule has 1 aliphatic rings. The average molecular weight is 444 g/mol. The van der Waals surface area contributed by atoms with Crippen LogP contribution in [0.1, 0.15) is 17.5 Å². The Labute approximate surface area is 189 Å². The molecule has 3 aromatic carbocycles. The zero-order valence-corrected chi connectivity index (χ0v) is 18.0. The third kappa shape index (κ3) is 3.80. The maximum Gasteiger partial charge on any atom is 0.326 e. The Morgan fingerprint density at radius 3 is 2.62 bits per heavy atom. The van der Waals surface area contributed by atoms with Crippen LogP contribution in [0.4, 0.5) is 5.69 Å². The number of tetrazole rings is 1. The zero-order valence-electron chi connectivity index (χ0n) is 17.2. The van der Waals surface area contributed by atoms with E-state index in [0.717, 1.165) is 40.0 Å². The molecule has 7 nitrogen and oxygen atoms in total. The van der Waals surface area contributed by atoms with Gasteiger partial charge < -0.3 is 10.0 Å². The second-order valence-electron chi connectivity index (χ2n) is 7.82. The molecule has 160 valence electrons. The summed E-state index contributed by atoms with van der Waals surface area (Å²) >= 11 is 5.21. The van der Waals surface area contributed by atoms with Gasteiger partial charge in [-0.2, -0.15) is 5.21 Å². The van der Waals surface area contributed by atoms with Crippen molar-refractivity contribution in [2.45, 2.75) is 25.4 Å². The molecular weight excluding hydrogens is 422 g/mol. The number of anilines is 1. The molecule has 0 fully saturated rings. The Balaban J connectivity index is 1.51. The van der Waals surface area contributed by atoms with Gasteiger partial charge >= 0.3 is 5.97 Å². The Kier molecular flexibility index (Phi) is 5.28. The summed E-state index contributed by atoms with van der Waals surface area (Å²) in [5.74, 6) is -0.784. The number of hydrogen-bond donors (Lipinski definition) is 2. The first-order chi connectivity index (χ1) is 15.6. The van der Waals surface area contributed by atoms with Crippen molar-refractivity contribution >= 4 is 23.9 Å². The number of benzene rings is 3. The number of aryl methyl sites for hydroxylation is 1. The molecule has 0 aliphatic carbocycles. The van der Waals surface area contributed by atoms with Gasteiger partial charge in [-0.1, -0.05) is 58.8 Å². The minimum atomic E-state index is -0.784. The van der Waals surface area contributed by atoms with Crippen molar-refractivity contribution in [1.29, 1.82) is 0 Å². The number of aliphatic carboxylic acids is 1. The van der Waals surface area contributed by atoms with E-state index in [9.17, 15) is 9.90 Å². The van der Waals surface area contributed by atoms with E-state index in [1.54, 1.807) is 4.68 Å². The summed E-state index contributed by atoms with van der Waals surface area (Å²) in [6.45, 7) is 0.560. The van der Waals surface area contributed by atoms with E-state index in [1.165, 1.54) is 0 Å². The highest BCUT2D eigenvalue weighted by Gasteiger charge is 2.31. The number of nitrogens with zero attached hydrogens (tertiary/aromatic N) is 4. The highest BCUT2D eigenvalue weighted by atomic mass is 32.1. The van der Waals surface area contributed by atoms with Crippen LogP contribution < -0.4 is 4.90 Å². The summed E-state index contributed by atoms with van der Waals surface area (Å²) in [6.07, 6.45) is 1.30. The Bertz CT molecular complexity index is 1330. The minimum Gasteiger partial charge on any atom is -0.480 e. The molecule has 0 amide bonds. The number of nitrogens with one attached hydrogen (secondary N) is 1. The number of carbonyl (C=O) groups is 1. The number of rotatable bonds is 5. The molecule has 8 heteroatoms. The van der Waals surface area contributed by atoms with E-state index >= 15 is 0 Å². The number of H-pyrrole nitrogens is 1. The van der Waals surface area contributed by atoms with Gasteiger partial charge in [0.25, 0.3) is 0 Å². The quantitative estimate of drug-likeness (QED) is 0.445. The van der Waals surface area contributed by atoms with Crippen molar-refractivity contribution in [3.05, 3.63) is 88.7 Å². The predicted molar refractivity (Wildman–Crippen MR) is 124 cm³/mol. The van der Waals surface area contributed by atoms with E-state index in [-0.39, 0.29) is 0 Å². The van der Waals surface area contributed by atoms with Gasteiger partial charge in [0.05, 0.1) is 5.69 Å². The van der Waals surface area contributed by atoms with Crippen molar-refractivity contribution in [3.63, 3.8) is 0 Å². The molecule has 4 aromatic rings. The Morgan fingerprint density at radius 2 is 1.88 bits per heavy atom. The smallest absolute Gasteiger partial charge is 0.326 e. The first-order valence-electron chi connectivity index (χ1n) is 10.4. The molecule has 1 unspecified atom stereocenters. The molecule has 32 heavy (non-hydrogen) atoms. The summed E-state index contributed by atoms with van der Waals surface area (Å²) in [5, 5.41) is 20.2. The van der Waals surface area contributed by atoms with Gasteiger partial charge in [-0.05, 0) is 71.6 Å². The Hall–Kier alpha value is -3.78. The first kappa shape index (κ1) is 20.1. The number of hydrogen-bond acceptors (Lipinski definition) is 5. The van der Waals surface area contributed by atoms with Crippen molar-refractivity contribution in [1.82, 2.24) is 20.2 Å². The molecule has 0 bridgehead atoms. The maximum absolute atomic E-state index is 12.0. The van der Waals surface area contributed by atoms with E-state index in [1.807, 2.05) is 71.6 Å². The van der Waals surface area contributed by atoms with Crippen LogP contribution in [0.5, 0.6) is 0 Å². The highest BCUT2D eigenvalue weighted by Crippen LogP contribution is 2.35. The lowest BCUT2D eigenvalue weighted by molar-refractivity contribution is -0.138. The standard InChI is InChI=1S/C24H21N5O2S/c30-23(31)22-12-10-19-13-18(9-11-21(19)28(22)15-16-5-2-1-3-6-16)17-7-4-8-20(14-17)29-24(32)25-26-27-29/h1-9,11,13-14,22H,10,12,15H2,(H,30,31)(H,25,27,32). The van der Waals surface area contributed by atoms with Crippen molar-refractivity contribution in [2.75, 3.05) is 4.90 Å². The van der Waals surface area contributed by atoms with Crippen LogP contribution in [0, 0.1) is 4.77 Å². The van der Waals surface area contributed by atoms with Crippen LogP contribution in [0.25, 0.3) is 16.8 Å². The highest BCUT2D eigenvalue weighted by molar-refractivity contribution is 7.71. The SMILES string of the molecule is O=C(O)C1CCc2cc(-c3cccc(-n4[nH]nnc4=S)c3)ccc2N1Cc1ccccc1.